The van der Waals surface area contributed by atoms with Crippen LogP contribution in [0.4, 0.5) is 13.2 Å². The third kappa shape index (κ3) is 3.50. The molecule has 1 aromatic rings. The van der Waals surface area contributed by atoms with E-state index in [-0.39, 0.29) is 18.9 Å². The fourth-order valence-electron chi connectivity index (χ4n) is 2.09. The Morgan fingerprint density at radius 1 is 1.55 bits per heavy atom. The lowest BCUT2D eigenvalue weighted by Gasteiger charge is -2.18. The van der Waals surface area contributed by atoms with E-state index in [0.29, 0.717) is 4.88 Å². The molecule has 2 rings (SSSR count). The average Bonchev–Trinajstić information content (AvgIpc) is 2.84. The first-order valence-electron chi connectivity index (χ1n) is 5.96. The van der Waals surface area contributed by atoms with Crippen molar-refractivity contribution in [3.8, 4) is 0 Å². The number of carbonyl (C=O) groups excluding carboxylic acids is 2. The Morgan fingerprint density at radius 3 is 2.80 bits per heavy atom. The molecule has 1 fully saturated rings. The predicted molar refractivity (Wildman–Crippen MR) is 67.6 cm³/mol. The van der Waals surface area contributed by atoms with Crippen LogP contribution in [0.3, 0.4) is 0 Å². The Labute approximate surface area is 117 Å². The third-order valence-corrected chi connectivity index (χ3v) is 4.00. The van der Waals surface area contributed by atoms with Crippen LogP contribution in [0.15, 0.2) is 11.4 Å². The van der Waals surface area contributed by atoms with Crippen LogP contribution in [0.25, 0.3) is 0 Å². The van der Waals surface area contributed by atoms with Gasteiger partial charge in [-0.15, -0.1) is 11.3 Å². The first-order valence-corrected chi connectivity index (χ1v) is 6.84. The van der Waals surface area contributed by atoms with Crippen molar-refractivity contribution in [3.63, 3.8) is 0 Å². The zero-order chi connectivity index (χ0) is 14.9. The standard InChI is InChI=1S/C12H13F3N2O2S/c1-7-2-3-20-10(7)11(19)16-8-4-9(18)17(5-8)6-12(13,14)15/h2-3,8H,4-6H2,1H3,(H,16,19)/t8-/m0/s1. The summed E-state index contributed by atoms with van der Waals surface area (Å²) in [6.07, 6.45) is -4.51. The van der Waals surface area contributed by atoms with Crippen molar-refractivity contribution >= 4 is 23.2 Å². The number of carbonyl (C=O) groups is 2. The zero-order valence-corrected chi connectivity index (χ0v) is 11.5. The van der Waals surface area contributed by atoms with Gasteiger partial charge >= 0.3 is 6.18 Å². The molecule has 4 nitrogen and oxygen atoms in total. The van der Waals surface area contributed by atoms with E-state index in [0.717, 1.165) is 10.5 Å². The third-order valence-electron chi connectivity index (χ3n) is 2.99. The minimum absolute atomic E-state index is 0.0910. The highest BCUT2D eigenvalue weighted by molar-refractivity contribution is 7.12. The highest BCUT2D eigenvalue weighted by Gasteiger charge is 2.38. The molecule has 0 aromatic carbocycles. The smallest absolute Gasteiger partial charge is 0.346 e. The number of nitrogens with zero attached hydrogens (tertiary/aromatic N) is 1. The molecule has 0 bridgehead atoms. The number of rotatable bonds is 3. The molecule has 0 radical (unpaired) electrons. The van der Waals surface area contributed by atoms with E-state index in [4.69, 9.17) is 0 Å². The Morgan fingerprint density at radius 2 is 2.25 bits per heavy atom. The van der Waals surface area contributed by atoms with Gasteiger partial charge in [0.15, 0.2) is 0 Å². The molecule has 1 N–H and O–H groups in total. The molecule has 20 heavy (non-hydrogen) atoms. The number of halogens is 3. The van der Waals surface area contributed by atoms with Crippen molar-refractivity contribution in [2.45, 2.75) is 25.6 Å². The van der Waals surface area contributed by atoms with Crippen molar-refractivity contribution in [2.24, 2.45) is 0 Å². The lowest BCUT2D eigenvalue weighted by Crippen LogP contribution is -2.39. The molecule has 0 unspecified atom stereocenters. The molecule has 2 heterocycles. The second-order valence-corrected chi connectivity index (χ2v) is 5.61. The average molecular weight is 306 g/mol. The van der Waals surface area contributed by atoms with Gasteiger partial charge in [-0.05, 0) is 23.9 Å². The second kappa shape index (κ2) is 5.43. The van der Waals surface area contributed by atoms with E-state index in [1.54, 1.807) is 18.4 Å². The highest BCUT2D eigenvalue weighted by atomic mass is 32.1. The molecule has 1 aromatic heterocycles. The van der Waals surface area contributed by atoms with E-state index in [1.165, 1.54) is 11.3 Å². The molecule has 2 amide bonds. The summed E-state index contributed by atoms with van der Waals surface area (Å²) in [5.74, 6) is -0.931. The minimum atomic E-state index is -4.42. The first-order chi connectivity index (χ1) is 9.26. The molecular formula is C12H13F3N2O2S. The maximum Gasteiger partial charge on any atom is 0.406 e. The maximum absolute atomic E-state index is 12.3. The van der Waals surface area contributed by atoms with E-state index >= 15 is 0 Å². The van der Waals surface area contributed by atoms with Gasteiger partial charge in [0.25, 0.3) is 5.91 Å². The van der Waals surface area contributed by atoms with Gasteiger partial charge < -0.3 is 10.2 Å². The first kappa shape index (κ1) is 14.8. The lowest BCUT2D eigenvalue weighted by atomic mass is 10.2. The Hall–Kier alpha value is -1.57. The topological polar surface area (TPSA) is 49.4 Å². The molecule has 0 spiro atoms. The number of hydrogen-bond acceptors (Lipinski definition) is 3. The van der Waals surface area contributed by atoms with Crippen molar-refractivity contribution in [1.29, 1.82) is 0 Å². The quantitative estimate of drug-likeness (QED) is 0.928. The van der Waals surface area contributed by atoms with Crippen LogP contribution in [0.5, 0.6) is 0 Å². The van der Waals surface area contributed by atoms with Crippen LogP contribution in [0, 0.1) is 6.92 Å². The van der Waals surface area contributed by atoms with Crippen LogP contribution >= 0.6 is 11.3 Å². The maximum atomic E-state index is 12.3. The van der Waals surface area contributed by atoms with Gasteiger partial charge in [-0.25, -0.2) is 0 Å². The van der Waals surface area contributed by atoms with Crippen molar-refractivity contribution in [3.05, 3.63) is 21.9 Å². The van der Waals surface area contributed by atoms with Crippen LogP contribution in [0.2, 0.25) is 0 Å². The van der Waals surface area contributed by atoms with Crippen LogP contribution in [-0.4, -0.2) is 42.0 Å². The summed E-state index contributed by atoms with van der Waals surface area (Å²) in [6.45, 7) is 0.409. The van der Waals surface area contributed by atoms with Gasteiger partial charge in [0.05, 0.1) is 10.9 Å². The number of aryl methyl sites for hydroxylation is 1. The molecule has 8 heteroatoms. The summed E-state index contributed by atoms with van der Waals surface area (Å²) in [6, 6.07) is 1.22. The number of amides is 2. The van der Waals surface area contributed by atoms with E-state index in [1.807, 2.05) is 0 Å². The predicted octanol–water partition coefficient (Wildman–Crippen LogP) is 1.95. The van der Waals surface area contributed by atoms with Crippen molar-refractivity contribution in [1.82, 2.24) is 10.2 Å². The van der Waals surface area contributed by atoms with Gasteiger partial charge in [-0.2, -0.15) is 13.2 Å². The molecule has 1 saturated heterocycles. The normalized spacial score (nSPS) is 19.5. The molecule has 0 saturated carbocycles. The summed E-state index contributed by atoms with van der Waals surface area (Å²) in [7, 11) is 0. The van der Waals surface area contributed by atoms with Crippen LogP contribution in [-0.2, 0) is 4.79 Å². The second-order valence-electron chi connectivity index (χ2n) is 4.70. The molecule has 0 aliphatic carbocycles. The molecule has 1 aliphatic heterocycles. The van der Waals surface area contributed by atoms with Crippen molar-refractivity contribution in [2.75, 3.05) is 13.1 Å². The summed E-state index contributed by atoms with van der Waals surface area (Å²) in [5, 5.41) is 4.37. The van der Waals surface area contributed by atoms with Gasteiger partial charge in [-0.1, -0.05) is 0 Å². The fourth-order valence-corrected chi connectivity index (χ4v) is 2.92. The number of alkyl halides is 3. The van der Waals surface area contributed by atoms with E-state index in [2.05, 4.69) is 5.32 Å². The number of hydrogen-bond donors (Lipinski definition) is 1. The van der Waals surface area contributed by atoms with Gasteiger partial charge in [0.2, 0.25) is 5.91 Å². The van der Waals surface area contributed by atoms with Crippen LogP contribution < -0.4 is 5.32 Å². The summed E-state index contributed by atoms with van der Waals surface area (Å²) >= 11 is 1.26. The number of thiophene rings is 1. The summed E-state index contributed by atoms with van der Waals surface area (Å²) in [4.78, 5) is 24.7. The van der Waals surface area contributed by atoms with Crippen molar-refractivity contribution < 1.29 is 22.8 Å². The number of nitrogens with one attached hydrogen (secondary N) is 1. The van der Waals surface area contributed by atoms with Crippen LogP contribution in [0.1, 0.15) is 21.7 Å². The van der Waals surface area contributed by atoms with Gasteiger partial charge in [0.1, 0.15) is 6.54 Å². The van der Waals surface area contributed by atoms with Gasteiger partial charge in [0, 0.05) is 13.0 Å². The Bertz CT molecular complexity index is 527. The molecule has 110 valence electrons. The fraction of sp³-hybridized carbons (Fsp3) is 0.500. The molecule has 1 aliphatic rings. The van der Waals surface area contributed by atoms with Gasteiger partial charge in [-0.3, -0.25) is 9.59 Å². The monoisotopic (exact) mass is 306 g/mol. The lowest BCUT2D eigenvalue weighted by molar-refractivity contribution is -0.157. The zero-order valence-electron chi connectivity index (χ0n) is 10.7. The Balaban J connectivity index is 1.94. The van der Waals surface area contributed by atoms with E-state index < -0.39 is 24.7 Å². The number of likely N-dealkylation sites (tertiary alicyclic amines) is 1. The highest BCUT2D eigenvalue weighted by Crippen LogP contribution is 2.21. The minimum Gasteiger partial charge on any atom is -0.346 e. The summed E-state index contributed by atoms with van der Waals surface area (Å²) < 4.78 is 36.8. The SMILES string of the molecule is Cc1ccsc1C(=O)N[C@H]1CC(=O)N(CC(F)(F)F)C1. The largest absolute Gasteiger partial charge is 0.406 e. The molecular weight excluding hydrogens is 293 g/mol. The summed E-state index contributed by atoms with van der Waals surface area (Å²) in [5.41, 5.74) is 0.809. The van der Waals surface area contributed by atoms with E-state index in [9.17, 15) is 22.8 Å². The Kier molecular flexibility index (Phi) is 4.03. The molecule has 1 atom stereocenters.